The fraction of sp³-hybridized carbons (Fsp3) is 0.211. The number of primary amides is 1. The van der Waals surface area contributed by atoms with E-state index in [1.807, 2.05) is 38.1 Å². The Balaban J connectivity index is 2.39. The fourth-order valence-electron chi connectivity index (χ4n) is 2.41. The summed E-state index contributed by atoms with van der Waals surface area (Å²) < 4.78 is 0. The summed E-state index contributed by atoms with van der Waals surface area (Å²) in [5, 5.41) is 0. The summed E-state index contributed by atoms with van der Waals surface area (Å²) in [6.45, 7) is 7.75. The Labute approximate surface area is 142 Å². The van der Waals surface area contributed by atoms with Crippen LogP contribution in [-0.4, -0.2) is 16.6 Å². The molecule has 5 nitrogen and oxygen atoms in total. The van der Waals surface area contributed by atoms with Crippen molar-refractivity contribution in [3.63, 3.8) is 0 Å². The number of carbonyl (C=O) groups is 1. The number of carbonyl (C=O) groups excluding carboxylic acids is 1. The van der Waals surface area contributed by atoms with E-state index < -0.39 is 0 Å². The fourth-order valence-corrected chi connectivity index (χ4v) is 2.41. The van der Waals surface area contributed by atoms with Crippen molar-refractivity contribution >= 4 is 17.3 Å². The minimum absolute atomic E-state index is 0.373. The minimum Gasteiger partial charge on any atom is -0.395 e. The lowest BCUT2D eigenvalue weighted by molar-refractivity contribution is -0.114. The van der Waals surface area contributed by atoms with E-state index in [0.29, 0.717) is 29.1 Å². The topological polar surface area (TPSA) is 94.4 Å². The lowest BCUT2D eigenvalue weighted by Crippen LogP contribution is -2.16. The first-order valence-corrected chi connectivity index (χ1v) is 7.72. The molecule has 0 aliphatic heterocycles. The van der Waals surface area contributed by atoms with Crippen LogP contribution < -0.4 is 11.5 Å². The second-order valence-electron chi connectivity index (χ2n) is 5.70. The van der Waals surface area contributed by atoms with E-state index in [1.165, 1.54) is 0 Å². The Hall–Kier alpha value is -2.95. The molecule has 1 heterocycles. The van der Waals surface area contributed by atoms with Gasteiger partial charge in [-0.1, -0.05) is 24.8 Å². The second-order valence-corrected chi connectivity index (χ2v) is 5.70. The van der Waals surface area contributed by atoms with Crippen molar-refractivity contribution in [2.45, 2.75) is 26.7 Å². The first-order chi connectivity index (χ1) is 11.4. The number of nitrogens with two attached hydrogens (primary N) is 2. The van der Waals surface area contributed by atoms with Gasteiger partial charge in [0, 0.05) is 17.5 Å². The van der Waals surface area contributed by atoms with Crippen LogP contribution >= 0.6 is 0 Å². The predicted octanol–water partition coefficient (Wildman–Crippen LogP) is 2.88. The summed E-state index contributed by atoms with van der Waals surface area (Å²) in [4.78, 5) is 20.1. The molecule has 0 saturated heterocycles. The molecule has 1 aliphatic carbocycles. The third-order valence-corrected chi connectivity index (χ3v) is 3.81. The highest BCUT2D eigenvalue weighted by molar-refractivity contribution is 6.01. The number of nitrogens with zero attached hydrogens (tertiary/aromatic N) is 2. The van der Waals surface area contributed by atoms with Crippen molar-refractivity contribution in [1.82, 2.24) is 4.98 Å². The Bertz CT molecular complexity index is 783. The van der Waals surface area contributed by atoms with Crippen LogP contribution in [0, 0.1) is 0 Å². The molecular formula is C19H22N4O. The number of aromatic nitrogens is 1. The summed E-state index contributed by atoms with van der Waals surface area (Å²) in [6, 6.07) is 5.55. The van der Waals surface area contributed by atoms with Crippen LogP contribution in [0.2, 0.25) is 0 Å². The number of aliphatic imine (C=N–C) groups is 1. The smallest absolute Gasteiger partial charge is 0.244 e. The van der Waals surface area contributed by atoms with Crippen molar-refractivity contribution < 1.29 is 4.79 Å². The van der Waals surface area contributed by atoms with Crippen LogP contribution in [0.25, 0.3) is 5.70 Å². The Morgan fingerprint density at radius 1 is 1.17 bits per heavy atom. The first kappa shape index (κ1) is 17.4. The number of hydrogen-bond acceptors (Lipinski definition) is 4. The third kappa shape index (κ3) is 4.07. The van der Waals surface area contributed by atoms with E-state index in [-0.39, 0.29) is 5.91 Å². The summed E-state index contributed by atoms with van der Waals surface area (Å²) in [7, 11) is 0. The summed E-state index contributed by atoms with van der Waals surface area (Å²) >= 11 is 0. The molecule has 124 valence electrons. The van der Waals surface area contributed by atoms with Crippen molar-refractivity contribution in [2.24, 2.45) is 16.5 Å². The third-order valence-electron chi connectivity index (χ3n) is 3.81. The number of amides is 1. The number of allylic oxidation sites excluding steroid dienone is 4. The van der Waals surface area contributed by atoms with E-state index >= 15 is 0 Å². The molecule has 5 heteroatoms. The van der Waals surface area contributed by atoms with Crippen LogP contribution in [0.15, 0.2) is 70.5 Å². The zero-order chi connectivity index (χ0) is 17.7. The van der Waals surface area contributed by atoms with Crippen LogP contribution in [0.3, 0.4) is 0 Å². The van der Waals surface area contributed by atoms with Crippen molar-refractivity contribution in [2.75, 3.05) is 0 Å². The van der Waals surface area contributed by atoms with E-state index in [9.17, 15) is 4.79 Å². The maximum absolute atomic E-state index is 11.2. The molecule has 0 spiro atoms. The molecule has 1 aromatic rings. The van der Waals surface area contributed by atoms with E-state index in [2.05, 4.69) is 16.6 Å². The van der Waals surface area contributed by atoms with Gasteiger partial charge in [-0.05, 0) is 50.0 Å². The van der Waals surface area contributed by atoms with Gasteiger partial charge in [-0.2, -0.15) is 0 Å². The maximum atomic E-state index is 11.2. The Morgan fingerprint density at radius 2 is 1.83 bits per heavy atom. The molecule has 4 N–H and O–H groups in total. The molecule has 0 radical (unpaired) electrons. The van der Waals surface area contributed by atoms with E-state index in [1.54, 1.807) is 12.3 Å². The Morgan fingerprint density at radius 3 is 2.33 bits per heavy atom. The SMILES string of the molecule is C=C(C)C(/N=C(\C)C1=CC=C(C(N)=O)CC1)=C(/N)c1ccccn1. The predicted molar refractivity (Wildman–Crippen MR) is 97.9 cm³/mol. The molecule has 0 atom stereocenters. The van der Waals surface area contributed by atoms with Crippen LogP contribution in [0.1, 0.15) is 32.4 Å². The van der Waals surface area contributed by atoms with Gasteiger partial charge in [0.15, 0.2) is 0 Å². The van der Waals surface area contributed by atoms with Gasteiger partial charge in [-0.15, -0.1) is 0 Å². The molecule has 0 fully saturated rings. The van der Waals surface area contributed by atoms with Gasteiger partial charge < -0.3 is 11.5 Å². The van der Waals surface area contributed by atoms with Gasteiger partial charge in [0.1, 0.15) is 0 Å². The van der Waals surface area contributed by atoms with Gasteiger partial charge in [-0.25, -0.2) is 0 Å². The zero-order valence-corrected chi connectivity index (χ0v) is 14.0. The van der Waals surface area contributed by atoms with Gasteiger partial charge in [0.25, 0.3) is 0 Å². The zero-order valence-electron chi connectivity index (χ0n) is 14.0. The summed E-state index contributed by atoms with van der Waals surface area (Å²) in [5.74, 6) is -0.373. The molecule has 0 aromatic carbocycles. The molecular weight excluding hydrogens is 300 g/mol. The normalized spacial score (nSPS) is 16.0. The lowest BCUT2D eigenvalue weighted by Gasteiger charge is -2.14. The quantitative estimate of drug-likeness (QED) is 0.644. The molecule has 1 amide bonds. The molecule has 0 bridgehead atoms. The Kier molecular flexibility index (Phi) is 5.47. The average Bonchev–Trinajstić information content (AvgIpc) is 2.59. The second kappa shape index (κ2) is 7.55. The highest BCUT2D eigenvalue weighted by Gasteiger charge is 2.14. The van der Waals surface area contributed by atoms with Crippen molar-refractivity contribution in [3.05, 3.63) is 71.2 Å². The maximum Gasteiger partial charge on any atom is 0.244 e. The molecule has 1 aliphatic rings. The van der Waals surface area contributed by atoms with Gasteiger partial charge in [-0.3, -0.25) is 14.8 Å². The molecule has 1 aromatic heterocycles. The van der Waals surface area contributed by atoms with E-state index in [0.717, 1.165) is 23.3 Å². The molecule has 0 unspecified atom stereocenters. The van der Waals surface area contributed by atoms with Gasteiger partial charge >= 0.3 is 0 Å². The van der Waals surface area contributed by atoms with Crippen LogP contribution in [-0.2, 0) is 4.79 Å². The number of pyridine rings is 1. The largest absolute Gasteiger partial charge is 0.395 e. The lowest BCUT2D eigenvalue weighted by atomic mass is 9.95. The van der Waals surface area contributed by atoms with Gasteiger partial charge in [0.05, 0.1) is 17.1 Å². The molecule has 0 saturated carbocycles. The standard InChI is InChI=1S/C19H22N4O/c1-12(2)18(17(20)16-6-4-5-11-22-16)23-13(3)14-7-9-15(10-8-14)19(21)24/h4-7,9,11H,1,8,10,20H2,2-3H3,(H2,21,24)/b18-17-,23-13+. The van der Waals surface area contributed by atoms with Crippen molar-refractivity contribution in [3.8, 4) is 0 Å². The summed E-state index contributed by atoms with van der Waals surface area (Å²) in [5.41, 5.74) is 16.6. The van der Waals surface area contributed by atoms with Crippen LogP contribution in [0.4, 0.5) is 0 Å². The number of rotatable bonds is 5. The van der Waals surface area contributed by atoms with E-state index in [4.69, 9.17) is 11.5 Å². The first-order valence-electron chi connectivity index (χ1n) is 7.72. The van der Waals surface area contributed by atoms with Crippen LogP contribution in [0.5, 0.6) is 0 Å². The van der Waals surface area contributed by atoms with Gasteiger partial charge in [0.2, 0.25) is 5.91 Å². The highest BCUT2D eigenvalue weighted by Crippen LogP contribution is 2.23. The molecule has 2 rings (SSSR count). The highest BCUT2D eigenvalue weighted by atomic mass is 16.1. The average molecular weight is 322 g/mol. The van der Waals surface area contributed by atoms with Crippen molar-refractivity contribution in [1.29, 1.82) is 0 Å². The monoisotopic (exact) mass is 322 g/mol. The molecule has 24 heavy (non-hydrogen) atoms. The number of hydrogen-bond donors (Lipinski definition) is 2. The summed E-state index contributed by atoms with van der Waals surface area (Å²) in [6.07, 6.45) is 6.67. The minimum atomic E-state index is -0.373.